The van der Waals surface area contributed by atoms with E-state index in [1.54, 1.807) is 17.4 Å². The molecule has 2 aliphatic rings. The lowest BCUT2D eigenvalue weighted by Crippen LogP contribution is -2.49. The molecule has 0 aliphatic carbocycles. The van der Waals surface area contributed by atoms with Gasteiger partial charge in [0.05, 0.1) is 10.9 Å². The summed E-state index contributed by atoms with van der Waals surface area (Å²) in [6.07, 6.45) is 4.75. The molecule has 2 aliphatic heterocycles. The third-order valence-corrected chi connectivity index (χ3v) is 6.81. The second-order valence-electron chi connectivity index (χ2n) is 6.93. The molecule has 2 aromatic rings. The first-order valence-corrected chi connectivity index (χ1v) is 9.81. The number of nitrogens with zero attached hydrogens (tertiary/aromatic N) is 3. The second kappa shape index (κ2) is 6.69. The van der Waals surface area contributed by atoms with Crippen LogP contribution in [0.4, 0.5) is 0 Å². The number of halogens is 1. The van der Waals surface area contributed by atoms with Crippen LogP contribution in [0.1, 0.15) is 41.5 Å². The van der Waals surface area contributed by atoms with Crippen molar-refractivity contribution in [3.05, 3.63) is 50.4 Å². The lowest BCUT2D eigenvalue weighted by molar-refractivity contribution is -0.110. The predicted octanol–water partition coefficient (Wildman–Crippen LogP) is 4.12. The fraction of sp³-hybridized carbons (Fsp3) is 0.474. The van der Waals surface area contributed by atoms with Gasteiger partial charge in [0.1, 0.15) is 17.4 Å². The van der Waals surface area contributed by atoms with Crippen LogP contribution in [0.25, 0.3) is 0 Å². The lowest BCUT2D eigenvalue weighted by atomic mass is 9.82. The monoisotopic (exact) mass is 373 g/mol. The molecular weight excluding hydrogens is 354 g/mol. The maximum Gasteiger partial charge on any atom is 0.140 e. The molecule has 0 saturated carbocycles. The van der Waals surface area contributed by atoms with Crippen LogP contribution in [0, 0.1) is 11.3 Å². The smallest absolute Gasteiger partial charge is 0.140 e. The molecule has 4 rings (SSSR count). The summed E-state index contributed by atoms with van der Waals surface area (Å²) in [7, 11) is 0. The van der Waals surface area contributed by atoms with Gasteiger partial charge in [0.25, 0.3) is 0 Å². The van der Waals surface area contributed by atoms with E-state index in [1.807, 2.05) is 12.3 Å². The molecule has 6 heteroatoms. The average Bonchev–Trinajstić information content (AvgIpc) is 3.00. The van der Waals surface area contributed by atoms with Crippen molar-refractivity contribution in [3.63, 3.8) is 0 Å². The van der Waals surface area contributed by atoms with E-state index in [0.717, 1.165) is 48.9 Å². The molecule has 4 heterocycles. The highest BCUT2D eigenvalue weighted by atomic mass is 35.5. The average molecular weight is 374 g/mol. The fourth-order valence-corrected chi connectivity index (χ4v) is 5.51. The Morgan fingerprint density at radius 3 is 3.12 bits per heavy atom. The summed E-state index contributed by atoms with van der Waals surface area (Å²) in [5.41, 5.74) is 2.82. The number of thiophene rings is 1. The minimum Gasteiger partial charge on any atom is -0.369 e. The highest BCUT2D eigenvalue weighted by Gasteiger charge is 2.44. The van der Waals surface area contributed by atoms with Gasteiger partial charge in [0, 0.05) is 30.2 Å². The number of rotatable bonds is 2. The summed E-state index contributed by atoms with van der Waals surface area (Å²) >= 11 is 7.96. The van der Waals surface area contributed by atoms with Crippen molar-refractivity contribution in [1.82, 2.24) is 9.88 Å². The number of likely N-dealkylation sites (tertiary alicyclic amines) is 1. The molecule has 0 bridgehead atoms. The predicted molar refractivity (Wildman–Crippen MR) is 98.7 cm³/mol. The van der Waals surface area contributed by atoms with Crippen LogP contribution in [-0.2, 0) is 23.3 Å². The molecule has 130 valence electrons. The lowest BCUT2D eigenvalue weighted by Gasteiger charge is -2.47. The van der Waals surface area contributed by atoms with E-state index in [2.05, 4.69) is 28.9 Å². The van der Waals surface area contributed by atoms with Gasteiger partial charge < -0.3 is 4.74 Å². The van der Waals surface area contributed by atoms with Gasteiger partial charge in [0.2, 0.25) is 0 Å². The Bertz CT molecular complexity index is 813. The van der Waals surface area contributed by atoms with Gasteiger partial charge >= 0.3 is 0 Å². The van der Waals surface area contributed by atoms with Gasteiger partial charge in [-0.1, -0.05) is 17.7 Å². The van der Waals surface area contributed by atoms with E-state index in [9.17, 15) is 0 Å². The standard InChI is InChI=1S/C19H20ClN3OS/c1-13-9-19(18-15(4-7-24-19)8-17(20)25-18)5-6-23(13)12-14-2-3-16(10-21)22-11-14/h2-3,8,11,13H,4-7,9,12H2,1H3/t13-,19+/m0/s1. The van der Waals surface area contributed by atoms with Crippen molar-refractivity contribution in [2.75, 3.05) is 13.2 Å². The summed E-state index contributed by atoms with van der Waals surface area (Å²) in [5.74, 6) is 0. The zero-order valence-corrected chi connectivity index (χ0v) is 15.7. The Kier molecular flexibility index (Phi) is 4.55. The van der Waals surface area contributed by atoms with E-state index < -0.39 is 0 Å². The first kappa shape index (κ1) is 17.0. The normalized spacial score (nSPS) is 26.4. The highest BCUT2D eigenvalue weighted by Crippen LogP contribution is 2.48. The van der Waals surface area contributed by atoms with Gasteiger partial charge in [0.15, 0.2) is 0 Å². The molecule has 1 saturated heterocycles. The molecule has 25 heavy (non-hydrogen) atoms. The molecule has 0 amide bonds. The number of hydrogen-bond acceptors (Lipinski definition) is 5. The number of ether oxygens (including phenoxy) is 1. The molecule has 1 spiro atoms. The van der Waals surface area contributed by atoms with Gasteiger partial charge in [-0.15, -0.1) is 11.3 Å². The van der Waals surface area contributed by atoms with Gasteiger partial charge in [-0.05, 0) is 49.4 Å². The SMILES string of the molecule is C[C@H]1C[C@@]2(CCN1Cc1ccc(C#N)nc1)OCCc1cc(Cl)sc12. The zero-order valence-electron chi connectivity index (χ0n) is 14.2. The number of nitriles is 1. The number of pyridine rings is 1. The first-order chi connectivity index (χ1) is 12.1. The molecule has 1 fully saturated rings. The molecule has 2 atom stereocenters. The van der Waals surface area contributed by atoms with Crippen LogP contribution >= 0.6 is 22.9 Å². The third-order valence-electron chi connectivity index (χ3n) is 5.32. The summed E-state index contributed by atoms with van der Waals surface area (Å²) in [4.78, 5) is 7.99. The molecular formula is C19H20ClN3OS. The number of fused-ring (bicyclic) bond motifs is 2. The number of hydrogen-bond donors (Lipinski definition) is 0. The van der Waals surface area contributed by atoms with Crippen LogP contribution in [0.2, 0.25) is 4.34 Å². The Morgan fingerprint density at radius 2 is 2.40 bits per heavy atom. The summed E-state index contributed by atoms with van der Waals surface area (Å²) < 4.78 is 7.19. The van der Waals surface area contributed by atoms with Crippen molar-refractivity contribution in [2.45, 2.75) is 44.4 Å². The molecule has 0 unspecified atom stereocenters. The van der Waals surface area contributed by atoms with Crippen molar-refractivity contribution < 1.29 is 4.74 Å². The third kappa shape index (κ3) is 3.20. The largest absolute Gasteiger partial charge is 0.369 e. The van der Waals surface area contributed by atoms with E-state index in [-0.39, 0.29) is 5.60 Å². The van der Waals surface area contributed by atoms with Crippen molar-refractivity contribution in [2.24, 2.45) is 0 Å². The fourth-order valence-electron chi connectivity index (χ4n) is 4.03. The Morgan fingerprint density at radius 1 is 1.52 bits per heavy atom. The number of piperidine rings is 1. The molecule has 0 radical (unpaired) electrons. The summed E-state index contributed by atoms with van der Waals surface area (Å²) in [5, 5.41) is 8.87. The molecule has 0 N–H and O–H groups in total. The second-order valence-corrected chi connectivity index (χ2v) is 8.62. The summed E-state index contributed by atoms with van der Waals surface area (Å²) in [6, 6.07) is 8.38. The minimum absolute atomic E-state index is 0.162. The van der Waals surface area contributed by atoms with E-state index in [0.29, 0.717) is 11.7 Å². The summed E-state index contributed by atoms with van der Waals surface area (Å²) in [6.45, 7) is 4.89. The first-order valence-electron chi connectivity index (χ1n) is 8.61. The van der Waals surface area contributed by atoms with Gasteiger partial charge in [-0.2, -0.15) is 5.26 Å². The Balaban J connectivity index is 1.50. The minimum atomic E-state index is -0.162. The van der Waals surface area contributed by atoms with Crippen molar-refractivity contribution >= 4 is 22.9 Å². The Labute approximate surface area is 157 Å². The topological polar surface area (TPSA) is 49.2 Å². The van der Waals surface area contributed by atoms with E-state index in [1.165, 1.54) is 10.4 Å². The van der Waals surface area contributed by atoms with Crippen LogP contribution in [0.5, 0.6) is 0 Å². The van der Waals surface area contributed by atoms with E-state index in [4.69, 9.17) is 21.6 Å². The van der Waals surface area contributed by atoms with Crippen LogP contribution in [0.15, 0.2) is 24.4 Å². The van der Waals surface area contributed by atoms with Crippen molar-refractivity contribution in [1.29, 1.82) is 5.26 Å². The van der Waals surface area contributed by atoms with Crippen LogP contribution in [0.3, 0.4) is 0 Å². The molecule has 2 aromatic heterocycles. The highest BCUT2D eigenvalue weighted by molar-refractivity contribution is 7.16. The van der Waals surface area contributed by atoms with Gasteiger partial charge in [-0.3, -0.25) is 4.90 Å². The van der Waals surface area contributed by atoms with E-state index >= 15 is 0 Å². The Hall–Kier alpha value is -1.45. The molecule has 4 nitrogen and oxygen atoms in total. The zero-order chi connectivity index (χ0) is 17.4. The number of aromatic nitrogens is 1. The van der Waals surface area contributed by atoms with Crippen LogP contribution < -0.4 is 0 Å². The van der Waals surface area contributed by atoms with Crippen molar-refractivity contribution in [3.8, 4) is 6.07 Å². The quantitative estimate of drug-likeness (QED) is 0.794. The van der Waals surface area contributed by atoms with Gasteiger partial charge in [-0.25, -0.2) is 4.98 Å². The maximum atomic E-state index is 8.87. The maximum absolute atomic E-state index is 8.87. The molecule has 0 aromatic carbocycles. The van der Waals surface area contributed by atoms with Crippen LogP contribution in [-0.4, -0.2) is 29.1 Å².